The lowest BCUT2D eigenvalue weighted by Crippen LogP contribution is -2.08. The van der Waals surface area contributed by atoms with Crippen molar-refractivity contribution in [3.63, 3.8) is 0 Å². The summed E-state index contributed by atoms with van der Waals surface area (Å²) >= 11 is 0. The third-order valence-corrected chi connectivity index (χ3v) is 3.34. The van der Waals surface area contributed by atoms with Gasteiger partial charge < -0.3 is 25.0 Å². The van der Waals surface area contributed by atoms with Crippen LogP contribution in [0.1, 0.15) is 15.9 Å². The number of methoxy groups -OCH3 is 2. The number of carbonyl (C=O) groups is 2. The highest BCUT2D eigenvalue weighted by Crippen LogP contribution is 2.28. The van der Waals surface area contributed by atoms with Crippen LogP contribution in [0.5, 0.6) is 17.2 Å². The first kappa shape index (κ1) is 17.9. The lowest BCUT2D eigenvalue weighted by molar-refractivity contribution is -0.111. The Labute approximate surface area is 144 Å². The van der Waals surface area contributed by atoms with Gasteiger partial charge in [-0.15, -0.1) is 0 Å². The Kier molecular flexibility index (Phi) is 5.62. The predicted octanol–water partition coefficient (Wildman–Crippen LogP) is 2.76. The molecular formula is C18H17NO6. The van der Waals surface area contributed by atoms with E-state index in [4.69, 9.17) is 14.6 Å². The molecule has 0 bridgehead atoms. The van der Waals surface area contributed by atoms with Gasteiger partial charge in [0.05, 0.1) is 25.5 Å². The summed E-state index contributed by atoms with van der Waals surface area (Å²) < 4.78 is 10.3. The average molecular weight is 343 g/mol. The van der Waals surface area contributed by atoms with Gasteiger partial charge in [-0.1, -0.05) is 6.07 Å². The number of carboxylic acids is 1. The van der Waals surface area contributed by atoms with Crippen LogP contribution in [0, 0.1) is 0 Å². The highest BCUT2D eigenvalue weighted by atomic mass is 16.5. The summed E-state index contributed by atoms with van der Waals surface area (Å²) in [5, 5.41) is 21.1. The van der Waals surface area contributed by atoms with E-state index >= 15 is 0 Å². The van der Waals surface area contributed by atoms with Crippen molar-refractivity contribution in [1.29, 1.82) is 0 Å². The maximum Gasteiger partial charge on any atom is 0.335 e. The number of carboxylic acid groups (broad SMARTS) is 1. The normalized spacial score (nSPS) is 10.5. The van der Waals surface area contributed by atoms with E-state index in [2.05, 4.69) is 5.32 Å². The first-order chi connectivity index (χ1) is 11.9. The van der Waals surface area contributed by atoms with Crippen molar-refractivity contribution in [2.75, 3.05) is 19.5 Å². The van der Waals surface area contributed by atoms with E-state index < -0.39 is 11.9 Å². The number of amides is 1. The van der Waals surface area contributed by atoms with E-state index in [1.54, 1.807) is 24.3 Å². The second-order valence-electron chi connectivity index (χ2n) is 4.97. The Bertz CT molecular complexity index is 828. The van der Waals surface area contributed by atoms with Crippen LogP contribution in [0.2, 0.25) is 0 Å². The molecule has 2 rings (SSSR count). The molecule has 3 N–H and O–H groups in total. The number of benzene rings is 2. The molecule has 0 spiro atoms. The third-order valence-electron chi connectivity index (χ3n) is 3.34. The van der Waals surface area contributed by atoms with Gasteiger partial charge in [0.1, 0.15) is 5.75 Å². The van der Waals surface area contributed by atoms with Crippen LogP contribution in [-0.2, 0) is 4.79 Å². The number of phenolic OH excluding ortho intramolecular Hbond substituents is 1. The summed E-state index contributed by atoms with van der Waals surface area (Å²) in [6, 6.07) is 8.85. The summed E-state index contributed by atoms with van der Waals surface area (Å²) in [6.07, 6.45) is 2.85. The molecule has 0 radical (unpaired) electrons. The number of hydrogen-bond donors (Lipinski definition) is 3. The fraction of sp³-hybridized carbons (Fsp3) is 0.111. The van der Waals surface area contributed by atoms with Gasteiger partial charge in [-0.25, -0.2) is 4.79 Å². The molecule has 130 valence electrons. The summed E-state index contributed by atoms with van der Waals surface area (Å²) in [6.45, 7) is 0. The number of ether oxygens (including phenoxy) is 2. The molecule has 0 saturated carbocycles. The SMILES string of the molecule is COc1ccc(/C=C/C(=O)Nc2ccc(C(=O)O)cc2O)cc1OC. The number of carbonyl (C=O) groups excluding carboxylic acids is 1. The van der Waals surface area contributed by atoms with Crippen molar-refractivity contribution in [2.45, 2.75) is 0 Å². The second kappa shape index (κ2) is 7.87. The van der Waals surface area contributed by atoms with Crippen LogP contribution >= 0.6 is 0 Å². The summed E-state index contributed by atoms with van der Waals surface area (Å²) in [5.74, 6) is -0.859. The molecule has 2 aromatic rings. The minimum absolute atomic E-state index is 0.0728. The summed E-state index contributed by atoms with van der Waals surface area (Å²) in [5.41, 5.74) is 0.765. The fourth-order valence-electron chi connectivity index (χ4n) is 2.07. The van der Waals surface area contributed by atoms with Crippen molar-refractivity contribution < 1.29 is 29.3 Å². The molecule has 0 heterocycles. The number of phenols is 1. The molecule has 2 aromatic carbocycles. The van der Waals surface area contributed by atoms with Crippen LogP contribution in [-0.4, -0.2) is 36.3 Å². The maximum absolute atomic E-state index is 12.0. The first-order valence-electron chi connectivity index (χ1n) is 7.22. The van der Waals surface area contributed by atoms with Gasteiger partial charge in [0, 0.05) is 6.08 Å². The molecule has 0 aliphatic heterocycles. The Balaban J connectivity index is 2.10. The molecule has 0 aliphatic rings. The van der Waals surface area contributed by atoms with E-state index in [0.717, 1.165) is 11.6 Å². The first-order valence-corrected chi connectivity index (χ1v) is 7.22. The Morgan fingerprint density at radius 2 is 1.76 bits per heavy atom. The van der Waals surface area contributed by atoms with Crippen molar-refractivity contribution >= 4 is 23.6 Å². The molecule has 0 saturated heterocycles. The van der Waals surface area contributed by atoms with Gasteiger partial charge in [-0.2, -0.15) is 0 Å². The van der Waals surface area contributed by atoms with Crippen molar-refractivity contribution in [3.8, 4) is 17.2 Å². The number of anilines is 1. The molecule has 0 aliphatic carbocycles. The summed E-state index contributed by atoms with van der Waals surface area (Å²) in [4.78, 5) is 22.8. The van der Waals surface area contributed by atoms with Gasteiger partial charge in [0.15, 0.2) is 11.5 Å². The van der Waals surface area contributed by atoms with Gasteiger partial charge in [-0.05, 0) is 42.0 Å². The number of hydrogen-bond acceptors (Lipinski definition) is 5. The van der Waals surface area contributed by atoms with E-state index in [1.807, 2.05) is 0 Å². The Morgan fingerprint density at radius 3 is 2.36 bits per heavy atom. The monoisotopic (exact) mass is 343 g/mol. The van der Waals surface area contributed by atoms with Crippen LogP contribution in [0.25, 0.3) is 6.08 Å². The zero-order chi connectivity index (χ0) is 18.4. The number of nitrogens with one attached hydrogen (secondary N) is 1. The topological polar surface area (TPSA) is 105 Å². The second-order valence-corrected chi connectivity index (χ2v) is 4.97. The highest BCUT2D eigenvalue weighted by molar-refractivity contribution is 6.03. The smallest absolute Gasteiger partial charge is 0.335 e. The number of rotatable bonds is 6. The highest BCUT2D eigenvalue weighted by Gasteiger charge is 2.09. The standard InChI is InChI=1S/C18H17NO6/c1-24-15-7-3-11(9-16(15)25-2)4-8-17(21)19-13-6-5-12(18(22)23)10-14(13)20/h3-10,20H,1-2H3,(H,19,21)(H,22,23)/b8-4+. The third kappa shape index (κ3) is 4.51. The quantitative estimate of drug-likeness (QED) is 0.550. The maximum atomic E-state index is 12.0. The molecule has 0 unspecified atom stereocenters. The summed E-state index contributed by atoms with van der Waals surface area (Å²) in [7, 11) is 3.05. The van der Waals surface area contributed by atoms with Crippen molar-refractivity contribution in [1.82, 2.24) is 0 Å². The van der Waals surface area contributed by atoms with Crippen molar-refractivity contribution in [2.24, 2.45) is 0 Å². The fourth-order valence-corrected chi connectivity index (χ4v) is 2.07. The molecule has 0 atom stereocenters. The van der Waals surface area contributed by atoms with Crippen LogP contribution in [0.3, 0.4) is 0 Å². The molecule has 7 nitrogen and oxygen atoms in total. The van der Waals surface area contributed by atoms with Crippen molar-refractivity contribution in [3.05, 3.63) is 53.6 Å². The zero-order valence-corrected chi connectivity index (χ0v) is 13.6. The lowest BCUT2D eigenvalue weighted by atomic mass is 10.1. The predicted molar refractivity (Wildman–Crippen MR) is 92.3 cm³/mol. The van der Waals surface area contributed by atoms with Crippen LogP contribution < -0.4 is 14.8 Å². The van der Waals surface area contributed by atoms with E-state index in [1.165, 1.54) is 32.4 Å². The van der Waals surface area contributed by atoms with E-state index in [0.29, 0.717) is 11.5 Å². The number of aromatic hydroxyl groups is 1. The van der Waals surface area contributed by atoms with Gasteiger partial charge in [0.2, 0.25) is 5.91 Å². The minimum Gasteiger partial charge on any atom is -0.506 e. The van der Waals surface area contributed by atoms with Gasteiger partial charge >= 0.3 is 5.97 Å². The molecule has 0 aromatic heterocycles. The molecule has 0 fully saturated rings. The molecule has 7 heteroatoms. The molecule has 25 heavy (non-hydrogen) atoms. The van der Waals surface area contributed by atoms with Crippen LogP contribution in [0.4, 0.5) is 5.69 Å². The molecule has 1 amide bonds. The average Bonchev–Trinajstić information content (AvgIpc) is 2.61. The lowest BCUT2D eigenvalue weighted by Gasteiger charge is -2.08. The van der Waals surface area contributed by atoms with Crippen LogP contribution in [0.15, 0.2) is 42.5 Å². The zero-order valence-electron chi connectivity index (χ0n) is 13.6. The van der Waals surface area contributed by atoms with E-state index in [9.17, 15) is 14.7 Å². The largest absolute Gasteiger partial charge is 0.506 e. The number of aromatic carboxylic acids is 1. The van der Waals surface area contributed by atoms with Gasteiger partial charge in [0.25, 0.3) is 0 Å². The Hall–Kier alpha value is -3.48. The minimum atomic E-state index is -1.17. The van der Waals surface area contributed by atoms with E-state index in [-0.39, 0.29) is 17.0 Å². The van der Waals surface area contributed by atoms with Gasteiger partial charge in [-0.3, -0.25) is 4.79 Å². The molecular weight excluding hydrogens is 326 g/mol. The Morgan fingerprint density at radius 1 is 1.04 bits per heavy atom.